The molecule has 0 bridgehead atoms. The van der Waals surface area contributed by atoms with Gasteiger partial charge in [-0.1, -0.05) is 13.8 Å². The lowest BCUT2D eigenvalue weighted by Gasteiger charge is -2.15. The molecule has 12 heavy (non-hydrogen) atoms. The van der Waals surface area contributed by atoms with Crippen LogP contribution in [0.1, 0.15) is 13.8 Å². The molecule has 0 aromatic heterocycles. The number of hydrogen-bond donors (Lipinski definition) is 3. The van der Waals surface area contributed by atoms with Crippen LogP contribution in [0.4, 0.5) is 0 Å². The predicted octanol–water partition coefficient (Wildman–Crippen LogP) is -1.11. The molecule has 0 saturated heterocycles. The fourth-order valence-electron chi connectivity index (χ4n) is 0.649. The Morgan fingerprint density at radius 1 is 1.50 bits per heavy atom. The van der Waals surface area contributed by atoms with Gasteiger partial charge in [0.05, 0.1) is 0 Å². The van der Waals surface area contributed by atoms with Crippen LogP contribution >= 0.6 is 0 Å². The quantitative estimate of drug-likeness (QED) is 0.529. The van der Waals surface area contributed by atoms with Crippen molar-refractivity contribution in [3.63, 3.8) is 0 Å². The maximum atomic E-state index is 10.5. The number of hydrogen-bond acceptors (Lipinski definition) is 3. The van der Waals surface area contributed by atoms with E-state index in [0.29, 0.717) is 0 Å². The average Bonchev–Trinajstić information content (AvgIpc) is 1.79. The molecule has 0 amide bonds. The van der Waals surface area contributed by atoms with Gasteiger partial charge in [-0.25, -0.2) is 5.14 Å². The average molecular weight is 196 g/mol. The molecule has 0 aliphatic carbocycles. The highest BCUT2D eigenvalue weighted by Gasteiger charge is 2.24. The second-order valence-electron chi connectivity index (χ2n) is 2.72. The maximum Gasteiger partial charge on any atom is 0.322 e. The summed E-state index contributed by atoms with van der Waals surface area (Å²) in [5.41, 5.74) is 0. The highest BCUT2D eigenvalue weighted by Crippen LogP contribution is 2.01. The highest BCUT2D eigenvalue weighted by atomic mass is 32.2. The lowest BCUT2D eigenvalue weighted by atomic mass is 10.1. The SMILES string of the molecule is CC(C)[C@H](NS(N)(=O)=O)C(=O)O. The molecular weight excluding hydrogens is 184 g/mol. The second-order valence-corrected chi connectivity index (χ2v) is 4.05. The van der Waals surface area contributed by atoms with E-state index in [9.17, 15) is 13.2 Å². The fourth-order valence-corrected chi connectivity index (χ4v) is 1.38. The van der Waals surface area contributed by atoms with Gasteiger partial charge in [0.25, 0.3) is 10.2 Å². The topological polar surface area (TPSA) is 109 Å². The zero-order valence-electron chi connectivity index (χ0n) is 6.81. The lowest BCUT2D eigenvalue weighted by molar-refractivity contribution is -0.140. The molecule has 0 fully saturated rings. The Hall–Kier alpha value is -0.660. The zero-order valence-corrected chi connectivity index (χ0v) is 7.63. The second kappa shape index (κ2) is 3.83. The summed E-state index contributed by atoms with van der Waals surface area (Å²) in [4.78, 5) is 10.4. The maximum absolute atomic E-state index is 10.5. The molecule has 4 N–H and O–H groups in total. The summed E-state index contributed by atoms with van der Waals surface area (Å²) < 4.78 is 22.7. The summed E-state index contributed by atoms with van der Waals surface area (Å²) in [5, 5.41) is 13.1. The summed E-state index contributed by atoms with van der Waals surface area (Å²) in [6.45, 7) is 3.16. The minimum absolute atomic E-state index is 0.346. The van der Waals surface area contributed by atoms with Crippen molar-refractivity contribution in [3.8, 4) is 0 Å². The van der Waals surface area contributed by atoms with Gasteiger partial charge in [-0.05, 0) is 5.92 Å². The lowest BCUT2D eigenvalue weighted by Crippen LogP contribution is -2.46. The van der Waals surface area contributed by atoms with E-state index in [-0.39, 0.29) is 5.92 Å². The Balaban J connectivity index is 4.46. The molecule has 0 aromatic carbocycles. The van der Waals surface area contributed by atoms with Crippen molar-refractivity contribution < 1.29 is 18.3 Å². The van der Waals surface area contributed by atoms with E-state index in [1.54, 1.807) is 18.6 Å². The Morgan fingerprint density at radius 2 is 1.92 bits per heavy atom. The van der Waals surface area contributed by atoms with Gasteiger partial charge in [-0.15, -0.1) is 0 Å². The molecule has 6 nitrogen and oxygen atoms in total. The van der Waals surface area contributed by atoms with E-state index < -0.39 is 22.2 Å². The third-order valence-electron chi connectivity index (χ3n) is 1.22. The van der Waals surface area contributed by atoms with Gasteiger partial charge in [-0.3, -0.25) is 4.79 Å². The third kappa shape index (κ3) is 4.27. The van der Waals surface area contributed by atoms with Crippen molar-refractivity contribution in [2.24, 2.45) is 11.1 Å². The summed E-state index contributed by atoms with van der Waals surface area (Å²) in [6, 6.07) is -1.17. The highest BCUT2D eigenvalue weighted by molar-refractivity contribution is 7.87. The van der Waals surface area contributed by atoms with E-state index in [1.807, 2.05) is 0 Å². The van der Waals surface area contributed by atoms with Crippen molar-refractivity contribution in [2.75, 3.05) is 0 Å². The van der Waals surface area contributed by atoms with Crippen LogP contribution in [0.2, 0.25) is 0 Å². The van der Waals surface area contributed by atoms with Gasteiger partial charge in [0, 0.05) is 0 Å². The number of rotatable bonds is 4. The molecule has 0 unspecified atom stereocenters. The monoisotopic (exact) mass is 196 g/mol. The fraction of sp³-hybridized carbons (Fsp3) is 0.800. The minimum Gasteiger partial charge on any atom is -0.480 e. The number of carboxylic acids is 1. The Bertz CT molecular complexity index is 259. The molecule has 0 aliphatic rings. The minimum atomic E-state index is -3.94. The molecular formula is C5H12N2O4S. The van der Waals surface area contributed by atoms with Gasteiger partial charge in [0.2, 0.25) is 0 Å². The van der Waals surface area contributed by atoms with Crippen molar-refractivity contribution in [1.82, 2.24) is 4.72 Å². The first kappa shape index (κ1) is 11.3. The number of carbonyl (C=O) groups is 1. The van der Waals surface area contributed by atoms with Crippen LogP contribution in [0.15, 0.2) is 0 Å². The first-order chi connectivity index (χ1) is 5.24. The largest absolute Gasteiger partial charge is 0.480 e. The number of carboxylic acid groups (broad SMARTS) is 1. The van der Waals surface area contributed by atoms with Crippen LogP contribution in [-0.4, -0.2) is 25.5 Å². The molecule has 72 valence electrons. The van der Waals surface area contributed by atoms with Crippen LogP contribution in [0.3, 0.4) is 0 Å². The number of aliphatic carboxylic acids is 1. The van der Waals surface area contributed by atoms with E-state index in [4.69, 9.17) is 5.11 Å². The zero-order chi connectivity index (χ0) is 9.94. The molecule has 0 rings (SSSR count). The summed E-state index contributed by atoms with van der Waals surface area (Å²) in [6.07, 6.45) is 0. The summed E-state index contributed by atoms with van der Waals surface area (Å²) in [7, 11) is -3.94. The van der Waals surface area contributed by atoms with E-state index in [1.165, 1.54) is 0 Å². The molecule has 0 spiro atoms. The first-order valence-corrected chi connectivity index (χ1v) is 4.81. The van der Waals surface area contributed by atoms with Crippen molar-refractivity contribution >= 4 is 16.2 Å². The summed E-state index contributed by atoms with van der Waals surface area (Å²) in [5.74, 6) is -1.58. The van der Waals surface area contributed by atoms with Crippen molar-refractivity contribution in [1.29, 1.82) is 0 Å². The van der Waals surface area contributed by atoms with Crippen molar-refractivity contribution in [3.05, 3.63) is 0 Å². The Kier molecular flexibility index (Phi) is 3.62. The van der Waals surface area contributed by atoms with Gasteiger partial charge in [0.15, 0.2) is 0 Å². The van der Waals surface area contributed by atoms with Crippen LogP contribution < -0.4 is 9.86 Å². The van der Waals surface area contributed by atoms with Crippen LogP contribution in [0.5, 0.6) is 0 Å². The standard InChI is InChI=1S/C5H12N2O4S/c1-3(2)4(5(8)9)7-12(6,10)11/h3-4,7H,1-2H3,(H,8,9)(H2,6,10,11)/t4-/m0/s1. The number of nitrogens with two attached hydrogens (primary N) is 1. The van der Waals surface area contributed by atoms with Crippen molar-refractivity contribution in [2.45, 2.75) is 19.9 Å². The third-order valence-corrected chi connectivity index (χ3v) is 1.81. The first-order valence-electron chi connectivity index (χ1n) is 3.27. The van der Waals surface area contributed by atoms with E-state index >= 15 is 0 Å². The molecule has 1 atom stereocenters. The Labute approximate surface area is 70.9 Å². The number of nitrogens with one attached hydrogen (secondary N) is 1. The molecule has 0 heterocycles. The smallest absolute Gasteiger partial charge is 0.322 e. The van der Waals surface area contributed by atoms with E-state index in [2.05, 4.69) is 5.14 Å². The predicted molar refractivity (Wildman–Crippen MR) is 42.5 cm³/mol. The normalized spacial score (nSPS) is 14.7. The summed E-state index contributed by atoms with van der Waals surface area (Å²) >= 11 is 0. The van der Waals surface area contributed by atoms with Gasteiger partial charge in [0.1, 0.15) is 6.04 Å². The molecule has 0 saturated carbocycles. The van der Waals surface area contributed by atoms with Gasteiger partial charge in [-0.2, -0.15) is 13.1 Å². The van der Waals surface area contributed by atoms with Gasteiger partial charge < -0.3 is 5.11 Å². The molecule has 0 aliphatic heterocycles. The molecule has 0 radical (unpaired) electrons. The van der Waals surface area contributed by atoms with E-state index in [0.717, 1.165) is 0 Å². The molecule has 0 aromatic rings. The van der Waals surface area contributed by atoms with Crippen LogP contribution in [0.25, 0.3) is 0 Å². The van der Waals surface area contributed by atoms with Crippen LogP contribution in [0, 0.1) is 5.92 Å². The molecule has 7 heteroatoms. The van der Waals surface area contributed by atoms with Crippen LogP contribution in [-0.2, 0) is 15.0 Å². The van der Waals surface area contributed by atoms with Gasteiger partial charge >= 0.3 is 5.97 Å². The Morgan fingerprint density at radius 3 is 2.00 bits per heavy atom.